The van der Waals surface area contributed by atoms with E-state index in [4.69, 9.17) is 11.6 Å². The summed E-state index contributed by atoms with van der Waals surface area (Å²) < 4.78 is 0. The van der Waals surface area contributed by atoms with Crippen LogP contribution in [0.25, 0.3) is 0 Å². The SMILES string of the molecule is C/C=C1\C(Cl)=CC(C)=CN1/C=C(\C)CC. The van der Waals surface area contributed by atoms with E-state index >= 15 is 0 Å². The normalized spacial score (nSPS) is 20.5. The highest BCUT2D eigenvalue weighted by Gasteiger charge is 2.12. The van der Waals surface area contributed by atoms with E-state index in [1.165, 1.54) is 11.1 Å². The molecule has 0 radical (unpaired) electrons. The molecule has 0 aromatic carbocycles. The van der Waals surface area contributed by atoms with Crippen LogP contribution in [0.4, 0.5) is 0 Å². The quantitative estimate of drug-likeness (QED) is 0.664. The summed E-state index contributed by atoms with van der Waals surface area (Å²) in [6, 6.07) is 0. The molecule has 15 heavy (non-hydrogen) atoms. The zero-order valence-electron chi connectivity index (χ0n) is 9.84. The predicted octanol–water partition coefficient (Wildman–Crippen LogP) is 4.55. The van der Waals surface area contributed by atoms with E-state index < -0.39 is 0 Å². The monoisotopic (exact) mass is 223 g/mol. The van der Waals surface area contributed by atoms with Gasteiger partial charge in [-0.25, -0.2) is 0 Å². The molecule has 0 aromatic rings. The first-order chi connectivity index (χ1) is 7.08. The van der Waals surface area contributed by atoms with Crippen molar-refractivity contribution in [3.63, 3.8) is 0 Å². The van der Waals surface area contributed by atoms with E-state index in [0.717, 1.165) is 17.2 Å². The molecule has 2 heteroatoms. The van der Waals surface area contributed by atoms with Crippen molar-refractivity contribution in [3.05, 3.63) is 46.4 Å². The molecule has 0 bridgehead atoms. The summed E-state index contributed by atoms with van der Waals surface area (Å²) in [6.45, 7) is 8.33. The van der Waals surface area contributed by atoms with Crippen molar-refractivity contribution in [2.45, 2.75) is 34.1 Å². The molecule has 0 unspecified atom stereocenters. The Labute approximate surface area is 97.4 Å². The zero-order chi connectivity index (χ0) is 11.4. The Morgan fingerprint density at radius 1 is 1.53 bits per heavy atom. The van der Waals surface area contributed by atoms with Gasteiger partial charge in [-0.15, -0.1) is 0 Å². The lowest BCUT2D eigenvalue weighted by molar-refractivity contribution is 0.623. The maximum atomic E-state index is 6.18. The molecule has 0 fully saturated rings. The molecule has 1 aliphatic rings. The molecular weight excluding hydrogens is 206 g/mol. The molecule has 0 saturated carbocycles. The molecule has 0 amide bonds. The van der Waals surface area contributed by atoms with Crippen LogP contribution in [0, 0.1) is 0 Å². The van der Waals surface area contributed by atoms with Crippen molar-refractivity contribution in [2.24, 2.45) is 0 Å². The lowest BCUT2D eigenvalue weighted by Crippen LogP contribution is -2.14. The lowest BCUT2D eigenvalue weighted by Gasteiger charge is -2.24. The fourth-order valence-electron chi connectivity index (χ4n) is 1.45. The predicted molar refractivity (Wildman–Crippen MR) is 67.3 cm³/mol. The van der Waals surface area contributed by atoms with Crippen molar-refractivity contribution >= 4 is 11.6 Å². The molecule has 0 atom stereocenters. The first-order valence-electron chi connectivity index (χ1n) is 5.26. The van der Waals surface area contributed by atoms with E-state index in [0.29, 0.717) is 0 Å². The van der Waals surface area contributed by atoms with Gasteiger partial charge in [-0.2, -0.15) is 0 Å². The number of allylic oxidation sites excluding steroid dienone is 5. The Morgan fingerprint density at radius 2 is 2.20 bits per heavy atom. The number of rotatable bonds is 2. The zero-order valence-corrected chi connectivity index (χ0v) is 10.6. The van der Waals surface area contributed by atoms with Gasteiger partial charge in [-0.3, -0.25) is 0 Å². The van der Waals surface area contributed by atoms with Gasteiger partial charge in [-0.1, -0.05) is 30.2 Å². The highest BCUT2D eigenvalue weighted by atomic mass is 35.5. The molecular formula is C13H18ClN. The second kappa shape index (κ2) is 5.22. The highest BCUT2D eigenvalue weighted by Crippen LogP contribution is 2.27. The summed E-state index contributed by atoms with van der Waals surface area (Å²) in [5.74, 6) is 0. The molecule has 0 N–H and O–H groups in total. The van der Waals surface area contributed by atoms with Crippen molar-refractivity contribution in [3.8, 4) is 0 Å². The minimum absolute atomic E-state index is 0.803. The van der Waals surface area contributed by atoms with Crippen LogP contribution in [-0.4, -0.2) is 4.90 Å². The molecule has 1 heterocycles. The summed E-state index contributed by atoms with van der Waals surface area (Å²) in [4.78, 5) is 2.09. The van der Waals surface area contributed by atoms with Crippen LogP contribution in [0.3, 0.4) is 0 Å². The van der Waals surface area contributed by atoms with Gasteiger partial charge in [0.2, 0.25) is 0 Å². The van der Waals surface area contributed by atoms with Gasteiger partial charge < -0.3 is 4.90 Å². The van der Waals surface area contributed by atoms with Crippen molar-refractivity contribution < 1.29 is 0 Å². The van der Waals surface area contributed by atoms with Crippen molar-refractivity contribution in [2.75, 3.05) is 0 Å². The fraction of sp³-hybridized carbons (Fsp3) is 0.385. The van der Waals surface area contributed by atoms with E-state index in [2.05, 4.69) is 38.1 Å². The van der Waals surface area contributed by atoms with Gasteiger partial charge >= 0.3 is 0 Å². The molecule has 0 saturated heterocycles. The largest absolute Gasteiger partial charge is 0.323 e. The van der Waals surface area contributed by atoms with Gasteiger partial charge in [-0.05, 0) is 38.8 Å². The van der Waals surface area contributed by atoms with Crippen molar-refractivity contribution in [1.82, 2.24) is 4.90 Å². The van der Waals surface area contributed by atoms with E-state index in [-0.39, 0.29) is 0 Å². The molecule has 1 nitrogen and oxygen atoms in total. The molecule has 0 aromatic heterocycles. The number of nitrogens with zero attached hydrogens (tertiary/aromatic N) is 1. The molecule has 82 valence electrons. The van der Waals surface area contributed by atoms with Crippen LogP contribution < -0.4 is 0 Å². The third kappa shape index (κ3) is 3.00. The third-order valence-electron chi connectivity index (χ3n) is 2.41. The van der Waals surface area contributed by atoms with Crippen LogP contribution >= 0.6 is 11.6 Å². The average molecular weight is 224 g/mol. The number of hydrogen-bond donors (Lipinski definition) is 0. The first kappa shape index (κ1) is 12.1. The maximum absolute atomic E-state index is 6.18. The Balaban J connectivity index is 3.04. The molecule has 1 rings (SSSR count). The van der Waals surface area contributed by atoms with E-state index in [1.807, 2.05) is 19.1 Å². The van der Waals surface area contributed by atoms with Crippen LogP contribution in [-0.2, 0) is 0 Å². The van der Waals surface area contributed by atoms with Gasteiger partial charge in [0.05, 0.1) is 10.7 Å². The van der Waals surface area contributed by atoms with Crippen LogP contribution in [0.2, 0.25) is 0 Å². The Bertz CT molecular complexity index is 359. The summed E-state index contributed by atoms with van der Waals surface area (Å²) >= 11 is 6.18. The lowest BCUT2D eigenvalue weighted by atomic mass is 10.1. The molecule has 1 aliphatic heterocycles. The minimum Gasteiger partial charge on any atom is -0.323 e. The number of halogens is 1. The highest BCUT2D eigenvalue weighted by molar-refractivity contribution is 6.32. The Morgan fingerprint density at radius 3 is 2.73 bits per heavy atom. The average Bonchev–Trinajstić information content (AvgIpc) is 2.17. The standard InChI is InChI=1S/C13H18ClN/c1-5-10(3)8-15-9-11(4)7-12(14)13(15)6-2/h6-9H,5H2,1-4H3/b10-8+,13-6+. The Kier molecular flexibility index (Phi) is 4.22. The summed E-state index contributed by atoms with van der Waals surface area (Å²) in [5, 5.41) is 0.803. The van der Waals surface area contributed by atoms with Gasteiger partial charge in [0.25, 0.3) is 0 Å². The smallest absolute Gasteiger partial charge is 0.0646 e. The summed E-state index contributed by atoms with van der Waals surface area (Å²) in [5.41, 5.74) is 3.56. The maximum Gasteiger partial charge on any atom is 0.0646 e. The second-order valence-electron chi connectivity index (χ2n) is 3.78. The molecule has 0 spiro atoms. The van der Waals surface area contributed by atoms with Crippen LogP contribution in [0.15, 0.2) is 46.4 Å². The topological polar surface area (TPSA) is 3.24 Å². The Hall–Kier alpha value is -0.950. The number of hydrogen-bond acceptors (Lipinski definition) is 1. The second-order valence-corrected chi connectivity index (χ2v) is 4.18. The third-order valence-corrected chi connectivity index (χ3v) is 2.71. The fourth-order valence-corrected chi connectivity index (χ4v) is 1.82. The van der Waals surface area contributed by atoms with E-state index in [1.54, 1.807) is 0 Å². The van der Waals surface area contributed by atoms with Crippen LogP contribution in [0.5, 0.6) is 0 Å². The first-order valence-corrected chi connectivity index (χ1v) is 5.64. The van der Waals surface area contributed by atoms with Gasteiger partial charge in [0, 0.05) is 12.4 Å². The summed E-state index contributed by atoms with van der Waals surface area (Å²) in [6.07, 6.45) is 9.31. The van der Waals surface area contributed by atoms with Gasteiger partial charge in [0.15, 0.2) is 0 Å². The van der Waals surface area contributed by atoms with Gasteiger partial charge in [0.1, 0.15) is 0 Å². The minimum atomic E-state index is 0.803. The van der Waals surface area contributed by atoms with Crippen molar-refractivity contribution in [1.29, 1.82) is 0 Å². The molecule has 0 aliphatic carbocycles. The summed E-state index contributed by atoms with van der Waals surface area (Å²) in [7, 11) is 0. The van der Waals surface area contributed by atoms with Crippen LogP contribution in [0.1, 0.15) is 34.1 Å². The van der Waals surface area contributed by atoms with E-state index in [9.17, 15) is 0 Å².